The fraction of sp³-hybridized carbons (Fsp3) is 0. The SMILES string of the molecule is NC(=O)c1ccnc(-c2ncccc2-c2ccccn2)c1. The van der Waals surface area contributed by atoms with E-state index in [1.807, 2.05) is 30.3 Å². The number of nitrogens with zero attached hydrogens (tertiary/aromatic N) is 3. The normalized spacial score (nSPS) is 10.3. The van der Waals surface area contributed by atoms with Gasteiger partial charge in [-0.25, -0.2) is 0 Å². The minimum absolute atomic E-state index is 0.401. The Hall–Kier alpha value is -3.08. The Balaban J connectivity index is 2.16. The van der Waals surface area contributed by atoms with Gasteiger partial charge in [-0.05, 0) is 36.4 Å². The largest absolute Gasteiger partial charge is 0.366 e. The molecule has 3 heterocycles. The molecule has 0 aliphatic carbocycles. The fourth-order valence-corrected chi connectivity index (χ4v) is 2.05. The molecule has 0 spiro atoms. The summed E-state index contributed by atoms with van der Waals surface area (Å²) in [6, 6.07) is 12.6. The topological polar surface area (TPSA) is 81.8 Å². The van der Waals surface area contributed by atoms with E-state index in [-0.39, 0.29) is 0 Å². The molecule has 0 bridgehead atoms. The summed E-state index contributed by atoms with van der Waals surface area (Å²) in [5, 5.41) is 0. The van der Waals surface area contributed by atoms with Crippen molar-refractivity contribution in [1.29, 1.82) is 0 Å². The summed E-state index contributed by atoms with van der Waals surface area (Å²) >= 11 is 0. The Labute approximate surface area is 121 Å². The molecule has 3 rings (SSSR count). The minimum atomic E-state index is -0.492. The quantitative estimate of drug-likeness (QED) is 0.795. The van der Waals surface area contributed by atoms with Gasteiger partial charge in [0.05, 0.1) is 17.1 Å². The summed E-state index contributed by atoms with van der Waals surface area (Å²) in [4.78, 5) is 24.3. The molecule has 5 heteroatoms. The molecule has 21 heavy (non-hydrogen) atoms. The van der Waals surface area contributed by atoms with Crippen molar-refractivity contribution in [1.82, 2.24) is 15.0 Å². The Kier molecular flexibility index (Phi) is 3.39. The third-order valence-corrected chi connectivity index (χ3v) is 3.04. The number of nitrogens with two attached hydrogens (primary N) is 1. The first-order valence-electron chi connectivity index (χ1n) is 6.38. The third kappa shape index (κ3) is 2.62. The number of amides is 1. The van der Waals surface area contributed by atoms with Gasteiger partial charge in [0.25, 0.3) is 0 Å². The molecule has 0 saturated heterocycles. The van der Waals surface area contributed by atoms with Crippen LogP contribution in [0.4, 0.5) is 0 Å². The van der Waals surface area contributed by atoms with Crippen LogP contribution in [0.1, 0.15) is 10.4 Å². The smallest absolute Gasteiger partial charge is 0.248 e. The molecule has 0 atom stereocenters. The Morgan fingerprint density at radius 2 is 1.67 bits per heavy atom. The Bertz CT molecular complexity index is 787. The number of pyridine rings is 3. The van der Waals surface area contributed by atoms with Crippen molar-refractivity contribution in [2.24, 2.45) is 5.73 Å². The van der Waals surface area contributed by atoms with Crippen molar-refractivity contribution in [2.75, 3.05) is 0 Å². The molecule has 3 aromatic rings. The standard InChI is InChI=1S/C16H12N4O/c17-16(21)11-6-9-19-14(10-11)15-12(4-3-8-20-15)13-5-1-2-7-18-13/h1-10H,(H2,17,21). The maximum Gasteiger partial charge on any atom is 0.248 e. The van der Waals surface area contributed by atoms with Crippen molar-refractivity contribution in [3.63, 3.8) is 0 Å². The third-order valence-electron chi connectivity index (χ3n) is 3.04. The highest BCUT2D eigenvalue weighted by Gasteiger charge is 2.12. The molecule has 2 N–H and O–H groups in total. The average Bonchev–Trinajstić information content (AvgIpc) is 2.56. The maximum atomic E-state index is 11.3. The zero-order valence-electron chi connectivity index (χ0n) is 11.1. The van der Waals surface area contributed by atoms with Gasteiger partial charge in [0.2, 0.25) is 5.91 Å². The first-order chi connectivity index (χ1) is 10.3. The number of carbonyl (C=O) groups is 1. The highest BCUT2D eigenvalue weighted by Crippen LogP contribution is 2.27. The van der Waals surface area contributed by atoms with Crippen molar-refractivity contribution in [3.8, 4) is 22.6 Å². The second kappa shape index (κ2) is 5.50. The molecule has 0 aromatic carbocycles. The van der Waals surface area contributed by atoms with Gasteiger partial charge < -0.3 is 5.73 Å². The fourth-order valence-electron chi connectivity index (χ4n) is 2.05. The molecule has 0 saturated carbocycles. The van der Waals surface area contributed by atoms with Crippen LogP contribution in [0.3, 0.4) is 0 Å². The van der Waals surface area contributed by atoms with Crippen molar-refractivity contribution >= 4 is 5.91 Å². The Morgan fingerprint density at radius 3 is 2.43 bits per heavy atom. The van der Waals surface area contributed by atoms with E-state index >= 15 is 0 Å². The average molecular weight is 276 g/mol. The van der Waals surface area contributed by atoms with Gasteiger partial charge in [-0.3, -0.25) is 19.7 Å². The first kappa shape index (κ1) is 12.9. The number of carbonyl (C=O) groups excluding carboxylic acids is 1. The second-order valence-corrected chi connectivity index (χ2v) is 4.41. The van der Waals surface area contributed by atoms with Gasteiger partial charge in [-0.1, -0.05) is 6.07 Å². The Morgan fingerprint density at radius 1 is 0.857 bits per heavy atom. The molecule has 5 nitrogen and oxygen atoms in total. The highest BCUT2D eigenvalue weighted by molar-refractivity contribution is 5.94. The van der Waals surface area contributed by atoms with E-state index in [1.165, 1.54) is 0 Å². The zero-order chi connectivity index (χ0) is 14.7. The van der Waals surface area contributed by atoms with Gasteiger partial charge in [0.1, 0.15) is 0 Å². The molecule has 0 aliphatic rings. The van der Waals surface area contributed by atoms with Crippen LogP contribution in [0, 0.1) is 0 Å². The van der Waals surface area contributed by atoms with E-state index in [0.717, 1.165) is 11.3 Å². The van der Waals surface area contributed by atoms with Crippen LogP contribution in [0.15, 0.2) is 61.1 Å². The minimum Gasteiger partial charge on any atom is -0.366 e. The number of aromatic nitrogens is 3. The molecule has 102 valence electrons. The van der Waals surface area contributed by atoms with Crippen LogP contribution in [0.25, 0.3) is 22.6 Å². The molecule has 0 radical (unpaired) electrons. The summed E-state index contributed by atoms with van der Waals surface area (Å²) in [6.07, 6.45) is 4.95. The van der Waals surface area contributed by atoms with Gasteiger partial charge in [0, 0.05) is 29.7 Å². The molecule has 3 aromatic heterocycles. The molecule has 0 fully saturated rings. The van der Waals surface area contributed by atoms with Gasteiger partial charge >= 0.3 is 0 Å². The molecule has 0 aliphatic heterocycles. The van der Waals surface area contributed by atoms with Crippen LogP contribution in [-0.4, -0.2) is 20.9 Å². The molecular weight excluding hydrogens is 264 g/mol. The van der Waals surface area contributed by atoms with Gasteiger partial charge in [-0.2, -0.15) is 0 Å². The van der Waals surface area contributed by atoms with Crippen LogP contribution >= 0.6 is 0 Å². The lowest BCUT2D eigenvalue weighted by Gasteiger charge is -2.08. The first-order valence-corrected chi connectivity index (χ1v) is 6.38. The summed E-state index contributed by atoms with van der Waals surface area (Å²) in [5.41, 5.74) is 8.62. The van der Waals surface area contributed by atoms with Crippen LogP contribution < -0.4 is 5.73 Å². The lowest BCUT2D eigenvalue weighted by Crippen LogP contribution is -2.11. The lowest BCUT2D eigenvalue weighted by atomic mass is 10.1. The lowest BCUT2D eigenvalue weighted by molar-refractivity contribution is 0.1000. The zero-order valence-corrected chi connectivity index (χ0v) is 11.1. The number of primary amides is 1. The van der Waals surface area contributed by atoms with E-state index in [1.54, 1.807) is 30.7 Å². The van der Waals surface area contributed by atoms with Gasteiger partial charge in [0.15, 0.2) is 0 Å². The number of hydrogen-bond acceptors (Lipinski definition) is 4. The predicted molar refractivity (Wildman–Crippen MR) is 79.2 cm³/mol. The summed E-state index contributed by atoms with van der Waals surface area (Å²) < 4.78 is 0. The highest BCUT2D eigenvalue weighted by atomic mass is 16.1. The van der Waals surface area contributed by atoms with E-state index in [4.69, 9.17) is 5.73 Å². The van der Waals surface area contributed by atoms with Gasteiger partial charge in [-0.15, -0.1) is 0 Å². The monoisotopic (exact) mass is 276 g/mol. The predicted octanol–water partition coefficient (Wildman–Crippen LogP) is 2.30. The molecular formula is C16H12N4O. The second-order valence-electron chi connectivity index (χ2n) is 4.41. The number of rotatable bonds is 3. The summed E-state index contributed by atoms with van der Waals surface area (Å²) in [5.74, 6) is -0.492. The maximum absolute atomic E-state index is 11.3. The van der Waals surface area contributed by atoms with Crippen LogP contribution in [-0.2, 0) is 0 Å². The molecule has 1 amide bonds. The van der Waals surface area contributed by atoms with E-state index in [2.05, 4.69) is 15.0 Å². The molecule has 0 unspecified atom stereocenters. The van der Waals surface area contributed by atoms with E-state index in [0.29, 0.717) is 17.0 Å². The number of hydrogen-bond donors (Lipinski definition) is 1. The van der Waals surface area contributed by atoms with Crippen molar-refractivity contribution < 1.29 is 4.79 Å². The summed E-state index contributed by atoms with van der Waals surface area (Å²) in [6.45, 7) is 0. The van der Waals surface area contributed by atoms with Crippen LogP contribution in [0.5, 0.6) is 0 Å². The summed E-state index contributed by atoms with van der Waals surface area (Å²) in [7, 11) is 0. The van der Waals surface area contributed by atoms with E-state index < -0.39 is 5.91 Å². The van der Waals surface area contributed by atoms with Crippen molar-refractivity contribution in [2.45, 2.75) is 0 Å². The van der Waals surface area contributed by atoms with E-state index in [9.17, 15) is 4.79 Å². The van der Waals surface area contributed by atoms with Crippen LogP contribution in [0.2, 0.25) is 0 Å². The van der Waals surface area contributed by atoms with Crippen molar-refractivity contribution in [3.05, 3.63) is 66.6 Å².